The molecule has 1 aliphatic carbocycles. The molecule has 2 aromatic rings. The van der Waals surface area contributed by atoms with E-state index >= 15 is 0 Å². The lowest BCUT2D eigenvalue weighted by atomic mass is 9.67. The highest BCUT2D eigenvalue weighted by Gasteiger charge is 2.46. The Morgan fingerprint density at radius 1 is 1.04 bits per heavy atom. The monoisotopic (exact) mass is 387 g/mol. The number of nitrogens with zero attached hydrogens (tertiary/aromatic N) is 1. The van der Waals surface area contributed by atoms with Gasteiger partial charge in [-0.2, -0.15) is 0 Å². The molecular weight excluding hydrogens is 362 g/mol. The summed E-state index contributed by atoms with van der Waals surface area (Å²) in [5.41, 5.74) is 0.536. The molecule has 1 saturated heterocycles. The number of sulfone groups is 1. The van der Waals surface area contributed by atoms with Gasteiger partial charge >= 0.3 is 0 Å². The number of aromatic hydroxyl groups is 1. The first kappa shape index (κ1) is 18.5. The van der Waals surface area contributed by atoms with Crippen molar-refractivity contribution in [3.05, 3.63) is 60.2 Å². The van der Waals surface area contributed by atoms with Crippen molar-refractivity contribution >= 4 is 9.84 Å². The number of rotatable bonds is 5. The van der Waals surface area contributed by atoms with Crippen LogP contribution in [-0.4, -0.2) is 54.0 Å². The van der Waals surface area contributed by atoms with Gasteiger partial charge in [0.25, 0.3) is 0 Å². The maximum atomic E-state index is 12.8. The van der Waals surface area contributed by atoms with Crippen molar-refractivity contribution in [2.75, 3.05) is 19.6 Å². The van der Waals surface area contributed by atoms with E-state index in [2.05, 4.69) is 17.0 Å². The fraction of sp³-hybridized carbons (Fsp3) is 0.429. The minimum Gasteiger partial charge on any atom is -0.508 e. The van der Waals surface area contributed by atoms with Crippen molar-refractivity contribution in [3.63, 3.8) is 0 Å². The van der Waals surface area contributed by atoms with Gasteiger partial charge in [0.15, 0.2) is 9.84 Å². The zero-order chi connectivity index (χ0) is 19.1. The number of phenolic OH excluding ortho intramolecular Hbond substituents is 1. The van der Waals surface area contributed by atoms with Gasteiger partial charge in [-0.25, -0.2) is 8.42 Å². The number of aliphatic hydroxyl groups is 1. The van der Waals surface area contributed by atoms with Crippen LogP contribution in [0.5, 0.6) is 5.75 Å². The van der Waals surface area contributed by atoms with E-state index in [9.17, 15) is 18.6 Å². The molecule has 0 aromatic heterocycles. The Morgan fingerprint density at radius 3 is 2.37 bits per heavy atom. The highest BCUT2D eigenvalue weighted by atomic mass is 32.2. The number of β-amino-alcohol motifs (C(OH)–C–C–N with tert-alkyl or cyclic N) is 1. The van der Waals surface area contributed by atoms with E-state index in [0.717, 1.165) is 12.8 Å². The largest absolute Gasteiger partial charge is 0.508 e. The summed E-state index contributed by atoms with van der Waals surface area (Å²) in [6, 6.07) is 15.9. The van der Waals surface area contributed by atoms with Crippen LogP contribution in [0.4, 0.5) is 0 Å². The Bertz CT molecular complexity index is 890. The summed E-state index contributed by atoms with van der Waals surface area (Å²) in [5, 5.41) is 19.7. The second kappa shape index (κ2) is 6.93. The Hall–Kier alpha value is -1.89. The summed E-state index contributed by atoms with van der Waals surface area (Å²) in [4.78, 5) is 2.32. The Labute approximate surface area is 160 Å². The molecule has 1 unspecified atom stereocenters. The summed E-state index contributed by atoms with van der Waals surface area (Å²) < 4.78 is 25.6. The molecule has 0 radical (unpaired) electrons. The van der Waals surface area contributed by atoms with Crippen LogP contribution in [-0.2, 0) is 9.84 Å². The zero-order valence-corrected chi connectivity index (χ0v) is 16.0. The van der Waals surface area contributed by atoms with E-state index in [-0.39, 0.29) is 10.6 Å². The highest BCUT2D eigenvalue weighted by molar-refractivity contribution is 7.92. The molecule has 2 aliphatic rings. The van der Waals surface area contributed by atoms with Gasteiger partial charge in [0, 0.05) is 13.1 Å². The molecule has 6 heteroatoms. The minimum atomic E-state index is -3.42. The molecule has 0 bridgehead atoms. The molecule has 1 atom stereocenters. The van der Waals surface area contributed by atoms with Crippen LogP contribution in [0, 0.1) is 0 Å². The summed E-state index contributed by atoms with van der Waals surface area (Å²) >= 11 is 0. The molecule has 4 rings (SSSR count). The van der Waals surface area contributed by atoms with Crippen molar-refractivity contribution in [1.29, 1.82) is 0 Å². The Morgan fingerprint density at radius 2 is 1.70 bits per heavy atom. The molecule has 144 valence electrons. The van der Waals surface area contributed by atoms with Gasteiger partial charge in [-0.05, 0) is 61.6 Å². The molecule has 5 nitrogen and oxygen atoms in total. The third-order valence-corrected chi connectivity index (χ3v) is 8.07. The lowest BCUT2D eigenvalue weighted by Gasteiger charge is -2.46. The number of phenols is 1. The Kier molecular flexibility index (Phi) is 4.74. The predicted molar refractivity (Wildman–Crippen MR) is 104 cm³/mol. The van der Waals surface area contributed by atoms with Crippen LogP contribution in [0.3, 0.4) is 0 Å². The van der Waals surface area contributed by atoms with Crippen LogP contribution >= 0.6 is 0 Å². The van der Waals surface area contributed by atoms with Gasteiger partial charge in [0.2, 0.25) is 0 Å². The van der Waals surface area contributed by atoms with Gasteiger partial charge in [0.05, 0.1) is 15.7 Å². The van der Waals surface area contributed by atoms with Crippen LogP contribution < -0.4 is 0 Å². The molecule has 2 N–H and O–H groups in total. The SMILES string of the molecule is O=S(=O)(c1ccc(O)cc1)C1CCN(C[C@]2(O)C[C@H](c3ccccc3)C2)C1. The summed E-state index contributed by atoms with van der Waals surface area (Å²) in [7, 11) is -3.42. The van der Waals surface area contributed by atoms with Gasteiger partial charge in [-0.3, -0.25) is 4.90 Å². The second-order valence-electron chi connectivity index (χ2n) is 7.92. The molecule has 1 aliphatic heterocycles. The average Bonchev–Trinajstić information content (AvgIpc) is 3.10. The van der Waals surface area contributed by atoms with Gasteiger partial charge in [-0.1, -0.05) is 30.3 Å². The molecule has 2 fully saturated rings. The van der Waals surface area contributed by atoms with E-state index in [1.807, 2.05) is 18.2 Å². The molecule has 1 saturated carbocycles. The van der Waals surface area contributed by atoms with E-state index in [0.29, 0.717) is 32.0 Å². The maximum Gasteiger partial charge on any atom is 0.182 e. The second-order valence-corrected chi connectivity index (χ2v) is 10.2. The lowest BCUT2D eigenvalue weighted by molar-refractivity contribution is -0.0686. The van der Waals surface area contributed by atoms with Crippen molar-refractivity contribution in [2.45, 2.75) is 40.9 Å². The third-order valence-electron chi connectivity index (χ3n) is 5.87. The minimum absolute atomic E-state index is 0.0576. The first-order valence-corrected chi connectivity index (χ1v) is 10.9. The van der Waals surface area contributed by atoms with E-state index in [4.69, 9.17) is 0 Å². The smallest absolute Gasteiger partial charge is 0.182 e. The quantitative estimate of drug-likeness (QED) is 0.824. The van der Waals surface area contributed by atoms with Crippen molar-refractivity contribution in [2.24, 2.45) is 0 Å². The first-order valence-electron chi connectivity index (χ1n) is 9.38. The summed E-state index contributed by atoms with van der Waals surface area (Å²) in [5.74, 6) is 0.442. The predicted octanol–water partition coefficient (Wildman–Crippen LogP) is 2.55. The van der Waals surface area contributed by atoms with E-state index in [1.54, 1.807) is 0 Å². The van der Waals surface area contributed by atoms with Crippen molar-refractivity contribution < 1.29 is 18.6 Å². The fourth-order valence-corrected chi connectivity index (χ4v) is 6.11. The summed E-state index contributed by atoms with van der Waals surface area (Å²) in [6.45, 7) is 1.65. The van der Waals surface area contributed by atoms with Crippen molar-refractivity contribution in [1.82, 2.24) is 4.90 Å². The molecule has 0 amide bonds. The zero-order valence-electron chi connectivity index (χ0n) is 15.2. The van der Waals surface area contributed by atoms with Gasteiger partial charge in [-0.15, -0.1) is 0 Å². The van der Waals surface area contributed by atoms with Gasteiger partial charge in [0.1, 0.15) is 5.75 Å². The van der Waals surface area contributed by atoms with Crippen LogP contribution in [0.25, 0.3) is 0 Å². The molecule has 27 heavy (non-hydrogen) atoms. The molecular formula is C21H25NO4S. The number of likely N-dealkylation sites (tertiary alicyclic amines) is 1. The van der Waals surface area contributed by atoms with Crippen molar-refractivity contribution in [3.8, 4) is 5.75 Å². The Balaban J connectivity index is 1.36. The number of hydrogen-bond donors (Lipinski definition) is 2. The van der Waals surface area contributed by atoms with Crippen LogP contribution in [0.2, 0.25) is 0 Å². The molecule has 2 aromatic carbocycles. The standard InChI is InChI=1S/C21H25NO4S/c23-18-6-8-19(9-7-18)27(25,26)20-10-11-22(14-20)15-21(24)12-17(13-21)16-4-2-1-3-5-16/h1-9,17,20,23-24H,10-15H2/t17-,20?,21-. The summed E-state index contributed by atoms with van der Waals surface area (Å²) in [6.07, 6.45) is 2.02. The first-order chi connectivity index (χ1) is 12.9. The molecule has 0 spiro atoms. The fourth-order valence-electron chi connectivity index (χ4n) is 4.39. The topological polar surface area (TPSA) is 77.8 Å². The van der Waals surface area contributed by atoms with Gasteiger partial charge < -0.3 is 10.2 Å². The highest BCUT2D eigenvalue weighted by Crippen LogP contribution is 2.45. The third kappa shape index (κ3) is 3.74. The maximum absolute atomic E-state index is 12.8. The average molecular weight is 388 g/mol. The van der Waals surface area contributed by atoms with Crippen LogP contribution in [0.15, 0.2) is 59.5 Å². The van der Waals surface area contributed by atoms with Crippen LogP contribution in [0.1, 0.15) is 30.7 Å². The van der Waals surface area contributed by atoms with E-state index in [1.165, 1.54) is 29.8 Å². The lowest BCUT2D eigenvalue weighted by Crippen LogP contribution is -2.51. The number of hydrogen-bond acceptors (Lipinski definition) is 5. The number of benzene rings is 2. The van der Waals surface area contributed by atoms with E-state index < -0.39 is 20.7 Å². The normalized spacial score (nSPS) is 28.8. The molecule has 1 heterocycles.